The van der Waals surface area contributed by atoms with E-state index >= 15 is 0 Å². The van der Waals surface area contributed by atoms with E-state index < -0.39 is 21.1 Å². The molecule has 0 aliphatic carbocycles. The van der Waals surface area contributed by atoms with Gasteiger partial charge in [-0.2, -0.15) is 0 Å². The second-order valence-electron chi connectivity index (χ2n) is 4.08. The molecule has 0 aromatic carbocycles. The Hall–Kier alpha value is -0.341. The van der Waals surface area contributed by atoms with Gasteiger partial charge in [0.05, 0.1) is 0 Å². The number of carbonyl (C=O) groups is 2. The average molecular weight is 409 g/mol. The second kappa shape index (κ2) is 16.0. The molecule has 0 unspecified atom stereocenters. The number of carbonyl (C=O) groups excluding carboxylic acids is 2. The molecule has 0 aromatic rings. The summed E-state index contributed by atoms with van der Waals surface area (Å²) >= 11 is -0.675. The van der Waals surface area contributed by atoms with Crippen LogP contribution in [0.1, 0.15) is 26.7 Å². The zero-order valence-corrected chi connectivity index (χ0v) is 15.9. The van der Waals surface area contributed by atoms with Crippen LogP contribution in [0.5, 0.6) is 0 Å². The standard InChI is InChI=1S/2C7H13O3.Sn/c2*1-3-7(8)10-6-5-9-4-2;/h2*1,3-6H2,2H3;/q;;+2. The minimum absolute atomic E-state index is 0.171. The summed E-state index contributed by atoms with van der Waals surface area (Å²) in [6.45, 7) is 6.62. The van der Waals surface area contributed by atoms with Crippen molar-refractivity contribution in [3.8, 4) is 0 Å². The SMILES string of the molecule is CCOCCOC(=O)C[CH2][Sn+2][CH2]CC(=O)OCCOCC. The summed E-state index contributed by atoms with van der Waals surface area (Å²) in [5.74, 6) is -0.343. The van der Waals surface area contributed by atoms with Gasteiger partial charge in [0.25, 0.3) is 0 Å². The van der Waals surface area contributed by atoms with E-state index in [1.165, 1.54) is 0 Å². The zero-order valence-electron chi connectivity index (χ0n) is 13.0. The first-order chi connectivity index (χ1) is 10.2. The van der Waals surface area contributed by atoms with E-state index in [0.717, 1.165) is 8.87 Å². The first-order valence-electron chi connectivity index (χ1n) is 7.38. The van der Waals surface area contributed by atoms with Gasteiger partial charge in [0.15, 0.2) is 0 Å². The molecule has 120 valence electrons. The molecular weight excluding hydrogens is 383 g/mol. The Bertz CT molecular complexity index is 246. The Morgan fingerprint density at radius 2 is 1.19 bits per heavy atom. The molecule has 0 heterocycles. The van der Waals surface area contributed by atoms with Gasteiger partial charge in [-0.1, -0.05) is 0 Å². The predicted molar refractivity (Wildman–Crippen MR) is 79.5 cm³/mol. The summed E-state index contributed by atoms with van der Waals surface area (Å²) in [5.41, 5.74) is 0. The third-order valence-corrected chi connectivity index (χ3v) is 5.85. The topological polar surface area (TPSA) is 71.1 Å². The van der Waals surface area contributed by atoms with Gasteiger partial charge in [0.1, 0.15) is 0 Å². The minimum atomic E-state index is -0.675. The first kappa shape index (κ1) is 20.7. The van der Waals surface area contributed by atoms with E-state index in [4.69, 9.17) is 18.9 Å². The van der Waals surface area contributed by atoms with Gasteiger partial charge in [-0.05, 0) is 0 Å². The molecular formula is C14H26O6Sn+2. The van der Waals surface area contributed by atoms with E-state index in [9.17, 15) is 9.59 Å². The molecule has 7 heteroatoms. The molecule has 21 heavy (non-hydrogen) atoms. The van der Waals surface area contributed by atoms with Crippen molar-refractivity contribution >= 4 is 33.1 Å². The maximum atomic E-state index is 11.4. The molecule has 0 atom stereocenters. The number of esters is 2. The summed E-state index contributed by atoms with van der Waals surface area (Å²) in [4.78, 5) is 22.7. The van der Waals surface area contributed by atoms with E-state index in [1.54, 1.807) is 0 Å². The molecule has 0 amide bonds. The van der Waals surface area contributed by atoms with Gasteiger partial charge in [-0.25, -0.2) is 0 Å². The van der Waals surface area contributed by atoms with Crippen molar-refractivity contribution in [2.45, 2.75) is 35.6 Å². The summed E-state index contributed by atoms with van der Waals surface area (Å²) in [6.07, 6.45) is 0.912. The summed E-state index contributed by atoms with van der Waals surface area (Å²) < 4.78 is 21.9. The van der Waals surface area contributed by atoms with E-state index in [1.807, 2.05) is 13.8 Å². The van der Waals surface area contributed by atoms with Crippen molar-refractivity contribution in [3.63, 3.8) is 0 Å². The van der Waals surface area contributed by atoms with Crippen LogP contribution in [0.2, 0.25) is 8.87 Å². The van der Waals surface area contributed by atoms with Gasteiger partial charge in [0, 0.05) is 0 Å². The van der Waals surface area contributed by atoms with E-state index in [2.05, 4.69) is 0 Å². The normalized spacial score (nSPS) is 10.0. The fourth-order valence-electron chi connectivity index (χ4n) is 1.37. The van der Waals surface area contributed by atoms with Crippen LogP contribution in [-0.2, 0) is 28.5 Å². The monoisotopic (exact) mass is 410 g/mol. The Morgan fingerprint density at radius 1 is 0.762 bits per heavy atom. The van der Waals surface area contributed by atoms with E-state index in [-0.39, 0.29) is 11.9 Å². The fraction of sp³-hybridized carbons (Fsp3) is 0.857. The second-order valence-corrected chi connectivity index (χ2v) is 8.37. The van der Waals surface area contributed by atoms with Crippen LogP contribution < -0.4 is 0 Å². The molecule has 0 saturated heterocycles. The van der Waals surface area contributed by atoms with Gasteiger partial charge >= 0.3 is 137 Å². The van der Waals surface area contributed by atoms with Crippen LogP contribution >= 0.6 is 0 Å². The van der Waals surface area contributed by atoms with Crippen molar-refractivity contribution in [1.29, 1.82) is 0 Å². The quantitative estimate of drug-likeness (QED) is 0.246. The van der Waals surface area contributed by atoms with Crippen LogP contribution in [0, 0.1) is 0 Å². The number of hydrogen-bond donors (Lipinski definition) is 0. The van der Waals surface area contributed by atoms with Crippen LogP contribution in [0.25, 0.3) is 0 Å². The molecule has 0 bridgehead atoms. The number of rotatable bonds is 14. The molecule has 0 spiro atoms. The maximum absolute atomic E-state index is 11.4. The van der Waals surface area contributed by atoms with Crippen LogP contribution in [0.15, 0.2) is 0 Å². The van der Waals surface area contributed by atoms with Gasteiger partial charge in [-0.3, -0.25) is 0 Å². The van der Waals surface area contributed by atoms with Crippen molar-refractivity contribution in [2.24, 2.45) is 0 Å². The Morgan fingerprint density at radius 3 is 1.57 bits per heavy atom. The molecule has 0 saturated carbocycles. The molecule has 0 aromatic heterocycles. The Kier molecular flexibility index (Phi) is 15.8. The Labute approximate surface area is 137 Å². The van der Waals surface area contributed by atoms with Crippen molar-refractivity contribution in [2.75, 3.05) is 39.6 Å². The van der Waals surface area contributed by atoms with Gasteiger partial charge < -0.3 is 0 Å². The van der Waals surface area contributed by atoms with Gasteiger partial charge in [-0.15, -0.1) is 0 Å². The molecule has 6 nitrogen and oxygen atoms in total. The fourth-order valence-corrected chi connectivity index (χ4v) is 4.26. The molecule has 0 rings (SSSR count). The van der Waals surface area contributed by atoms with Gasteiger partial charge in [0.2, 0.25) is 0 Å². The molecule has 0 N–H and O–H groups in total. The zero-order chi connectivity index (χ0) is 15.8. The van der Waals surface area contributed by atoms with Crippen LogP contribution in [0.4, 0.5) is 0 Å². The predicted octanol–water partition coefficient (Wildman–Crippen LogP) is 1.47. The third-order valence-electron chi connectivity index (χ3n) is 2.40. The number of hydrogen-bond acceptors (Lipinski definition) is 6. The molecule has 0 aliphatic rings. The third kappa shape index (κ3) is 15.9. The van der Waals surface area contributed by atoms with E-state index in [0.29, 0.717) is 52.5 Å². The molecule has 0 radical (unpaired) electrons. The van der Waals surface area contributed by atoms with Crippen molar-refractivity contribution in [1.82, 2.24) is 0 Å². The van der Waals surface area contributed by atoms with Crippen LogP contribution in [0.3, 0.4) is 0 Å². The summed E-state index contributed by atoms with van der Waals surface area (Å²) in [6, 6.07) is 0. The molecule has 0 aliphatic heterocycles. The number of ether oxygens (including phenoxy) is 4. The first-order valence-corrected chi connectivity index (χ1v) is 11.4. The van der Waals surface area contributed by atoms with Crippen molar-refractivity contribution in [3.05, 3.63) is 0 Å². The summed E-state index contributed by atoms with van der Waals surface area (Å²) in [5, 5.41) is 0. The van der Waals surface area contributed by atoms with Crippen LogP contribution in [-0.4, -0.2) is 72.7 Å². The Balaban J connectivity index is 3.30. The summed E-state index contributed by atoms with van der Waals surface area (Å²) in [7, 11) is 0. The van der Waals surface area contributed by atoms with Crippen molar-refractivity contribution < 1.29 is 28.5 Å². The molecule has 0 fully saturated rings. The average Bonchev–Trinajstić information content (AvgIpc) is 2.48.